The Labute approximate surface area is 166 Å². The summed E-state index contributed by atoms with van der Waals surface area (Å²) in [6, 6.07) is 12.2. The number of fused-ring (bicyclic) bond motifs is 1. The number of halogens is 1. The fourth-order valence-electron chi connectivity index (χ4n) is 3.03. The minimum Gasteiger partial charge on any atom is -0.477 e. The molecule has 8 nitrogen and oxygen atoms in total. The van der Waals surface area contributed by atoms with Gasteiger partial charge >= 0.3 is 0 Å². The van der Waals surface area contributed by atoms with Crippen molar-refractivity contribution in [3.8, 4) is 11.8 Å². The molecule has 0 saturated carbocycles. The number of anilines is 1. The third kappa shape index (κ3) is 3.85. The van der Waals surface area contributed by atoms with Gasteiger partial charge in [0.25, 0.3) is 11.8 Å². The van der Waals surface area contributed by atoms with Crippen LogP contribution in [-0.4, -0.2) is 39.2 Å². The summed E-state index contributed by atoms with van der Waals surface area (Å²) < 4.78 is 25.5. The third-order valence-corrected chi connectivity index (χ3v) is 4.38. The van der Waals surface area contributed by atoms with E-state index in [1.54, 1.807) is 24.1 Å². The monoisotopic (exact) mass is 394 g/mol. The summed E-state index contributed by atoms with van der Waals surface area (Å²) >= 11 is 0. The second kappa shape index (κ2) is 8.19. The van der Waals surface area contributed by atoms with Crippen molar-refractivity contribution in [2.24, 2.45) is 0 Å². The van der Waals surface area contributed by atoms with Gasteiger partial charge in [-0.3, -0.25) is 0 Å². The van der Waals surface area contributed by atoms with Gasteiger partial charge in [0.1, 0.15) is 5.82 Å². The van der Waals surface area contributed by atoms with Crippen LogP contribution in [0.1, 0.15) is 11.1 Å². The number of rotatable bonds is 7. The molecular weight excluding hydrogens is 375 g/mol. The van der Waals surface area contributed by atoms with E-state index in [4.69, 9.17) is 9.47 Å². The van der Waals surface area contributed by atoms with Gasteiger partial charge in [-0.25, -0.2) is 4.39 Å². The molecule has 2 aromatic heterocycles. The Morgan fingerprint density at radius 1 is 1.10 bits per heavy atom. The number of benzene rings is 2. The van der Waals surface area contributed by atoms with Crippen LogP contribution in [0.15, 0.2) is 48.7 Å². The summed E-state index contributed by atoms with van der Waals surface area (Å²) in [6.07, 6.45) is 1.75. The van der Waals surface area contributed by atoms with Crippen molar-refractivity contribution in [3.63, 3.8) is 0 Å². The molecule has 0 spiro atoms. The zero-order valence-electron chi connectivity index (χ0n) is 16.0. The topological polar surface area (TPSA) is 87.0 Å². The van der Waals surface area contributed by atoms with Crippen molar-refractivity contribution in [2.45, 2.75) is 13.2 Å². The van der Waals surface area contributed by atoms with Gasteiger partial charge in [-0.15, -0.1) is 10.2 Å². The Balaban J connectivity index is 1.68. The van der Waals surface area contributed by atoms with E-state index in [2.05, 4.69) is 25.6 Å². The molecule has 0 saturated heterocycles. The fourth-order valence-corrected chi connectivity index (χ4v) is 3.03. The molecule has 29 heavy (non-hydrogen) atoms. The van der Waals surface area contributed by atoms with Crippen LogP contribution in [0.5, 0.6) is 5.88 Å². The molecule has 0 amide bonds. The van der Waals surface area contributed by atoms with Gasteiger partial charge in [-0.2, -0.15) is 14.8 Å². The first-order valence-electron chi connectivity index (χ1n) is 8.91. The van der Waals surface area contributed by atoms with E-state index >= 15 is 0 Å². The van der Waals surface area contributed by atoms with E-state index in [1.807, 2.05) is 24.3 Å². The first-order valence-corrected chi connectivity index (χ1v) is 8.91. The highest BCUT2D eigenvalue weighted by atomic mass is 19.1. The molecule has 2 heterocycles. The molecule has 0 radical (unpaired) electrons. The van der Waals surface area contributed by atoms with Crippen LogP contribution in [-0.2, 0) is 17.9 Å². The van der Waals surface area contributed by atoms with Crippen LogP contribution in [0.2, 0.25) is 0 Å². The molecule has 148 valence electrons. The van der Waals surface area contributed by atoms with E-state index in [-0.39, 0.29) is 17.6 Å². The van der Waals surface area contributed by atoms with Crippen LogP contribution in [0.25, 0.3) is 16.9 Å². The van der Waals surface area contributed by atoms with Gasteiger partial charge in [0.15, 0.2) is 5.82 Å². The molecule has 0 aliphatic rings. The maximum absolute atomic E-state index is 13.4. The first kappa shape index (κ1) is 18.8. The van der Waals surface area contributed by atoms with Crippen LogP contribution >= 0.6 is 0 Å². The number of hydrogen-bond acceptors (Lipinski definition) is 7. The molecule has 0 fully saturated rings. The lowest BCUT2D eigenvalue weighted by Crippen LogP contribution is -2.11. The van der Waals surface area contributed by atoms with Crippen LogP contribution in [0.4, 0.5) is 10.2 Å². The zero-order valence-corrected chi connectivity index (χ0v) is 16.0. The highest BCUT2D eigenvalue weighted by Gasteiger charge is 2.15. The number of methoxy groups -OCH3 is 2. The van der Waals surface area contributed by atoms with Gasteiger partial charge < -0.3 is 14.8 Å². The molecule has 9 heteroatoms. The Morgan fingerprint density at radius 2 is 1.97 bits per heavy atom. The minimum absolute atomic E-state index is 0.238. The lowest BCUT2D eigenvalue weighted by molar-refractivity contribution is 0.186. The number of hydrogen-bond donors (Lipinski definition) is 1. The predicted molar refractivity (Wildman–Crippen MR) is 105 cm³/mol. The predicted octanol–water partition coefficient (Wildman–Crippen LogP) is 3.12. The summed E-state index contributed by atoms with van der Waals surface area (Å²) in [5, 5.41) is 16.7. The first-order chi connectivity index (χ1) is 14.2. The third-order valence-electron chi connectivity index (χ3n) is 4.38. The Hall–Kier alpha value is -3.59. The number of aromatic nitrogens is 5. The van der Waals surface area contributed by atoms with Crippen LogP contribution in [0.3, 0.4) is 0 Å². The van der Waals surface area contributed by atoms with Crippen molar-refractivity contribution in [1.29, 1.82) is 0 Å². The van der Waals surface area contributed by atoms with E-state index in [0.717, 1.165) is 22.0 Å². The van der Waals surface area contributed by atoms with Gasteiger partial charge in [-0.1, -0.05) is 24.3 Å². The quantitative estimate of drug-likeness (QED) is 0.515. The van der Waals surface area contributed by atoms with E-state index in [0.29, 0.717) is 19.0 Å². The summed E-state index contributed by atoms with van der Waals surface area (Å²) in [4.78, 5) is 4.52. The highest BCUT2D eigenvalue weighted by molar-refractivity contribution is 5.83. The molecule has 1 N–H and O–H groups in total. The van der Waals surface area contributed by atoms with Crippen LogP contribution in [0, 0.1) is 5.82 Å². The fraction of sp³-hybridized carbons (Fsp3) is 0.200. The highest BCUT2D eigenvalue weighted by Crippen LogP contribution is 2.24. The molecule has 4 aromatic rings. The number of nitrogens with one attached hydrogen (secondary N) is 1. The molecule has 0 unspecified atom stereocenters. The van der Waals surface area contributed by atoms with Gasteiger partial charge in [-0.05, 0) is 29.3 Å². The molecule has 0 aliphatic heterocycles. The summed E-state index contributed by atoms with van der Waals surface area (Å²) in [5.74, 6) is 0.616. The summed E-state index contributed by atoms with van der Waals surface area (Å²) in [6.45, 7) is 0.829. The van der Waals surface area contributed by atoms with Crippen molar-refractivity contribution in [1.82, 2.24) is 25.0 Å². The zero-order chi connectivity index (χ0) is 20.2. The summed E-state index contributed by atoms with van der Waals surface area (Å²) in [7, 11) is 3.13. The standard InChI is InChI=1S/C20H19FN6O2/c1-28-12-14-6-4-8-17-16(14)11-23-27(17)20-24-18(19(29-2)25-26-20)22-10-13-5-3-7-15(21)9-13/h3-9,11H,10,12H2,1-2H3,(H,22,24,26). The molecule has 0 bridgehead atoms. The van der Waals surface area contributed by atoms with Crippen molar-refractivity contribution < 1.29 is 13.9 Å². The Bertz CT molecular complexity index is 1150. The molecule has 2 aromatic carbocycles. The molecule has 0 atom stereocenters. The SMILES string of the molecule is COCc1cccc2c1cnn2-c1nnc(OC)c(NCc2cccc(F)c2)n1. The van der Waals surface area contributed by atoms with Gasteiger partial charge in [0, 0.05) is 19.0 Å². The van der Waals surface area contributed by atoms with Gasteiger partial charge in [0.2, 0.25) is 0 Å². The number of nitrogens with zero attached hydrogens (tertiary/aromatic N) is 5. The van der Waals surface area contributed by atoms with Crippen LogP contribution < -0.4 is 10.1 Å². The average molecular weight is 394 g/mol. The van der Waals surface area contributed by atoms with Crippen molar-refractivity contribution in [3.05, 3.63) is 65.6 Å². The maximum atomic E-state index is 13.4. The van der Waals surface area contributed by atoms with Crippen molar-refractivity contribution in [2.75, 3.05) is 19.5 Å². The lowest BCUT2D eigenvalue weighted by Gasteiger charge is -2.10. The lowest BCUT2D eigenvalue weighted by atomic mass is 10.1. The molecule has 4 rings (SSSR count). The van der Waals surface area contributed by atoms with Gasteiger partial charge in [0.05, 0.1) is 25.4 Å². The largest absolute Gasteiger partial charge is 0.477 e. The average Bonchev–Trinajstić information content (AvgIpc) is 3.17. The number of ether oxygens (including phenoxy) is 2. The molecular formula is C20H19FN6O2. The second-order valence-corrected chi connectivity index (χ2v) is 6.29. The maximum Gasteiger partial charge on any atom is 0.276 e. The smallest absolute Gasteiger partial charge is 0.276 e. The summed E-state index contributed by atoms with van der Waals surface area (Å²) in [5.41, 5.74) is 2.62. The Kier molecular flexibility index (Phi) is 5.30. The van der Waals surface area contributed by atoms with E-state index in [1.165, 1.54) is 19.2 Å². The Morgan fingerprint density at radius 3 is 2.76 bits per heavy atom. The van der Waals surface area contributed by atoms with Crippen molar-refractivity contribution >= 4 is 16.7 Å². The van der Waals surface area contributed by atoms with E-state index < -0.39 is 0 Å². The minimum atomic E-state index is -0.298. The van der Waals surface area contributed by atoms with E-state index in [9.17, 15) is 4.39 Å². The second-order valence-electron chi connectivity index (χ2n) is 6.29. The normalized spacial score (nSPS) is 11.0. The molecule has 0 aliphatic carbocycles.